The molecule has 4 nitrogen and oxygen atoms in total. The molecule has 0 spiro atoms. The van der Waals surface area contributed by atoms with Crippen LogP contribution in [0.4, 0.5) is 0 Å². The third kappa shape index (κ3) is 7.51. The molecule has 0 aromatic carbocycles. The molecule has 0 atom stereocenters. The first-order chi connectivity index (χ1) is 7.47. The Morgan fingerprint density at radius 2 is 1.81 bits per heavy atom. The predicted molar refractivity (Wildman–Crippen MR) is 71.7 cm³/mol. The van der Waals surface area contributed by atoms with Crippen LogP contribution in [0.2, 0.25) is 0 Å². The van der Waals surface area contributed by atoms with Gasteiger partial charge in [-0.05, 0) is 26.4 Å². The smallest absolute Gasteiger partial charge is 0.191 e. The second-order valence-corrected chi connectivity index (χ2v) is 4.88. The van der Waals surface area contributed by atoms with E-state index in [1.54, 1.807) is 0 Å². The Morgan fingerprint density at radius 1 is 1.19 bits per heavy atom. The standard InChI is InChI=1S/C12H28N4/c1-6-7-16(9-8-15(4)5)12(13)14-10-11(2)3/h11H,6-10H2,1-5H3,(H2,13,14). The van der Waals surface area contributed by atoms with Gasteiger partial charge in [-0.3, -0.25) is 4.99 Å². The lowest BCUT2D eigenvalue weighted by Crippen LogP contribution is -2.42. The maximum Gasteiger partial charge on any atom is 0.191 e. The molecule has 0 aromatic rings. The summed E-state index contributed by atoms with van der Waals surface area (Å²) < 4.78 is 0. The first-order valence-electron chi connectivity index (χ1n) is 6.17. The van der Waals surface area contributed by atoms with Gasteiger partial charge < -0.3 is 15.5 Å². The second-order valence-electron chi connectivity index (χ2n) is 4.88. The summed E-state index contributed by atoms with van der Waals surface area (Å²) in [6.07, 6.45) is 1.10. The van der Waals surface area contributed by atoms with Gasteiger partial charge in [0.1, 0.15) is 0 Å². The minimum atomic E-state index is 0.566. The van der Waals surface area contributed by atoms with Gasteiger partial charge in [0.2, 0.25) is 0 Å². The van der Waals surface area contributed by atoms with Crippen LogP contribution >= 0.6 is 0 Å². The van der Waals surface area contributed by atoms with Crippen molar-refractivity contribution in [1.29, 1.82) is 0 Å². The molecule has 0 fully saturated rings. The van der Waals surface area contributed by atoms with E-state index in [1.165, 1.54) is 0 Å². The van der Waals surface area contributed by atoms with Crippen molar-refractivity contribution in [2.45, 2.75) is 27.2 Å². The minimum absolute atomic E-state index is 0.566. The molecular weight excluding hydrogens is 200 g/mol. The average molecular weight is 228 g/mol. The van der Waals surface area contributed by atoms with Crippen molar-refractivity contribution >= 4 is 5.96 Å². The van der Waals surface area contributed by atoms with Gasteiger partial charge in [-0.15, -0.1) is 0 Å². The summed E-state index contributed by atoms with van der Waals surface area (Å²) in [7, 11) is 4.15. The normalized spacial score (nSPS) is 12.6. The molecule has 0 aliphatic carbocycles. The molecule has 0 bridgehead atoms. The number of likely N-dealkylation sites (N-methyl/N-ethyl adjacent to an activating group) is 1. The Hall–Kier alpha value is -0.770. The molecule has 0 radical (unpaired) electrons. The SMILES string of the molecule is CCCN(CCN(C)C)C(N)=NCC(C)C. The molecule has 4 heteroatoms. The van der Waals surface area contributed by atoms with Crippen LogP contribution in [0, 0.1) is 5.92 Å². The lowest BCUT2D eigenvalue weighted by atomic mass is 10.2. The number of aliphatic imine (C=N–C) groups is 1. The molecule has 0 aliphatic rings. The Morgan fingerprint density at radius 3 is 2.25 bits per heavy atom. The molecule has 0 aliphatic heterocycles. The van der Waals surface area contributed by atoms with Crippen LogP contribution in [0.1, 0.15) is 27.2 Å². The molecule has 0 unspecified atom stereocenters. The van der Waals surface area contributed by atoms with Gasteiger partial charge in [0, 0.05) is 26.2 Å². The zero-order valence-corrected chi connectivity index (χ0v) is 11.5. The molecule has 2 N–H and O–H groups in total. The van der Waals surface area contributed by atoms with Crippen LogP contribution in [0.25, 0.3) is 0 Å². The lowest BCUT2D eigenvalue weighted by Gasteiger charge is -2.25. The lowest BCUT2D eigenvalue weighted by molar-refractivity contribution is 0.326. The Kier molecular flexibility index (Phi) is 7.99. The molecule has 0 rings (SSSR count). The van der Waals surface area contributed by atoms with Crippen molar-refractivity contribution in [3.8, 4) is 0 Å². The summed E-state index contributed by atoms with van der Waals surface area (Å²) >= 11 is 0. The van der Waals surface area contributed by atoms with E-state index in [0.717, 1.165) is 32.6 Å². The van der Waals surface area contributed by atoms with E-state index in [9.17, 15) is 0 Å². The van der Waals surface area contributed by atoms with Crippen LogP contribution < -0.4 is 5.73 Å². The highest BCUT2D eigenvalue weighted by atomic mass is 15.3. The topological polar surface area (TPSA) is 44.9 Å². The molecule has 0 saturated carbocycles. The molecular formula is C12H28N4. The van der Waals surface area contributed by atoms with Crippen molar-refractivity contribution in [2.24, 2.45) is 16.6 Å². The van der Waals surface area contributed by atoms with Gasteiger partial charge in [0.05, 0.1) is 0 Å². The molecule has 0 saturated heterocycles. The summed E-state index contributed by atoms with van der Waals surface area (Å²) in [5.74, 6) is 1.26. The number of guanidine groups is 1. The molecule has 0 aromatic heterocycles. The van der Waals surface area contributed by atoms with Crippen LogP contribution in [-0.4, -0.2) is 56.0 Å². The van der Waals surface area contributed by atoms with Crippen LogP contribution in [-0.2, 0) is 0 Å². The fourth-order valence-corrected chi connectivity index (χ4v) is 1.31. The van der Waals surface area contributed by atoms with Gasteiger partial charge in [0.15, 0.2) is 5.96 Å². The van der Waals surface area contributed by atoms with Crippen LogP contribution in [0.15, 0.2) is 4.99 Å². The second kappa shape index (κ2) is 8.39. The number of rotatable bonds is 7. The van der Waals surface area contributed by atoms with E-state index in [4.69, 9.17) is 5.73 Å². The number of nitrogens with zero attached hydrogens (tertiary/aromatic N) is 3. The summed E-state index contributed by atoms with van der Waals surface area (Å²) in [5.41, 5.74) is 6.00. The first-order valence-corrected chi connectivity index (χ1v) is 6.17. The Labute approximate surface area is 101 Å². The van der Waals surface area contributed by atoms with Gasteiger partial charge >= 0.3 is 0 Å². The summed E-state index contributed by atoms with van der Waals surface area (Å²) in [5, 5.41) is 0. The maximum absolute atomic E-state index is 6.00. The fraction of sp³-hybridized carbons (Fsp3) is 0.917. The van der Waals surface area contributed by atoms with E-state index in [1.807, 2.05) is 0 Å². The molecule has 0 amide bonds. The third-order valence-corrected chi connectivity index (χ3v) is 2.25. The molecule has 0 heterocycles. The zero-order chi connectivity index (χ0) is 12.6. The third-order valence-electron chi connectivity index (χ3n) is 2.25. The van der Waals surface area contributed by atoms with Gasteiger partial charge in [0.25, 0.3) is 0 Å². The highest BCUT2D eigenvalue weighted by Gasteiger charge is 2.07. The monoisotopic (exact) mass is 228 g/mol. The largest absolute Gasteiger partial charge is 0.370 e. The quantitative estimate of drug-likeness (QED) is 0.526. The predicted octanol–water partition coefficient (Wildman–Crippen LogP) is 1.23. The van der Waals surface area contributed by atoms with Crippen molar-refractivity contribution in [2.75, 3.05) is 40.3 Å². The van der Waals surface area contributed by atoms with Crippen molar-refractivity contribution < 1.29 is 0 Å². The van der Waals surface area contributed by atoms with E-state index in [2.05, 4.69) is 49.7 Å². The summed E-state index contributed by atoms with van der Waals surface area (Å²) in [6.45, 7) is 10.2. The Balaban J connectivity index is 4.21. The summed E-state index contributed by atoms with van der Waals surface area (Å²) in [6, 6.07) is 0. The van der Waals surface area contributed by atoms with Crippen LogP contribution in [0.3, 0.4) is 0 Å². The first kappa shape index (κ1) is 15.2. The molecule has 96 valence electrons. The maximum atomic E-state index is 6.00. The van der Waals surface area contributed by atoms with Gasteiger partial charge in [-0.25, -0.2) is 0 Å². The minimum Gasteiger partial charge on any atom is -0.370 e. The molecule has 16 heavy (non-hydrogen) atoms. The summed E-state index contributed by atoms with van der Waals surface area (Å²) in [4.78, 5) is 8.76. The highest BCUT2D eigenvalue weighted by molar-refractivity contribution is 5.78. The highest BCUT2D eigenvalue weighted by Crippen LogP contribution is 1.96. The van der Waals surface area contributed by atoms with Crippen molar-refractivity contribution in [3.63, 3.8) is 0 Å². The van der Waals surface area contributed by atoms with Gasteiger partial charge in [-0.2, -0.15) is 0 Å². The van der Waals surface area contributed by atoms with E-state index in [0.29, 0.717) is 11.9 Å². The van der Waals surface area contributed by atoms with Crippen LogP contribution in [0.5, 0.6) is 0 Å². The zero-order valence-electron chi connectivity index (χ0n) is 11.5. The Bertz CT molecular complexity index is 199. The average Bonchev–Trinajstić information content (AvgIpc) is 2.20. The number of nitrogens with two attached hydrogens (primary N) is 1. The fourth-order valence-electron chi connectivity index (χ4n) is 1.31. The van der Waals surface area contributed by atoms with E-state index in [-0.39, 0.29) is 0 Å². The van der Waals surface area contributed by atoms with Crippen molar-refractivity contribution in [1.82, 2.24) is 9.80 Å². The number of hydrogen-bond acceptors (Lipinski definition) is 2. The van der Waals surface area contributed by atoms with E-state index >= 15 is 0 Å². The van der Waals surface area contributed by atoms with Crippen molar-refractivity contribution in [3.05, 3.63) is 0 Å². The number of hydrogen-bond donors (Lipinski definition) is 1. The van der Waals surface area contributed by atoms with E-state index < -0.39 is 0 Å². The van der Waals surface area contributed by atoms with Gasteiger partial charge in [-0.1, -0.05) is 20.8 Å².